The molecule has 3 aliphatic heterocycles. The van der Waals surface area contributed by atoms with Crippen LogP contribution in [0.3, 0.4) is 0 Å². The van der Waals surface area contributed by atoms with Crippen LogP contribution in [0.2, 0.25) is 0 Å². The van der Waals surface area contributed by atoms with Crippen LogP contribution in [0, 0.1) is 5.41 Å². The first-order valence-electron chi connectivity index (χ1n) is 9.56. The van der Waals surface area contributed by atoms with Gasteiger partial charge in [0.2, 0.25) is 11.8 Å². The van der Waals surface area contributed by atoms with Gasteiger partial charge in [-0.15, -0.1) is 0 Å². The number of nitrogens with one attached hydrogen (secondary N) is 3. The molecule has 1 aromatic rings. The summed E-state index contributed by atoms with van der Waals surface area (Å²) < 4.78 is 0. The second-order valence-electron chi connectivity index (χ2n) is 8.38. The van der Waals surface area contributed by atoms with Crippen molar-refractivity contribution in [3.63, 3.8) is 0 Å². The Labute approximate surface area is 163 Å². The Morgan fingerprint density at radius 1 is 1.14 bits per heavy atom. The maximum atomic E-state index is 12.9. The van der Waals surface area contributed by atoms with Crippen LogP contribution in [-0.2, 0) is 16.1 Å². The van der Waals surface area contributed by atoms with Gasteiger partial charge in [0.1, 0.15) is 6.04 Å². The number of carbonyl (C=O) groups is 4. The van der Waals surface area contributed by atoms with Gasteiger partial charge in [0.25, 0.3) is 11.8 Å². The third-order valence-electron chi connectivity index (χ3n) is 5.93. The van der Waals surface area contributed by atoms with Gasteiger partial charge in [0.15, 0.2) is 0 Å². The molecular formula is C20H24N4O4. The fourth-order valence-electron chi connectivity index (χ4n) is 4.16. The zero-order valence-electron chi connectivity index (χ0n) is 16.0. The highest BCUT2D eigenvalue weighted by Gasteiger charge is 2.44. The number of fused-ring (bicyclic) bond motifs is 1. The molecule has 4 amide bonds. The topological polar surface area (TPSA) is 108 Å². The summed E-state index contributed by atoms with van der Waals surface area (Å²) in [7, 11) is 0. The number of hydrogen-bond donors (Lipinski definition) is 3. The summed E-state index contributed by atoms with van der Waals surface area (Å²) in [5.74, 6) is -1.92. The van der Waals surface area contributed by atoms with Gasteiger partial charge in [0.05, 0.1) is 11.1 Å². The molecule has 4 rings (SSSR count). The number of benzene rings is 1. The van der Waals surface area contributed by atoms with E-state index in [0.717, 1.165) is 23.6 Å². The largest absolute Gasteiger partial charge is 0.315 e. The number of imide groups is 2. The van der Waals surface area contributed by atoms with Crippen molar-refractivity contribution in [1.82, 2.24) is 20.9 Å². The van der Waals surface area contributed by atoms with Crippen molar-refractivity contribution in [3.05, 3.63) is 34.9 Å². The van der Waals surface area contributed by atoms with E-state index < -0.39 is 23.8 Å². The van der Waals surface area contributed by atoms with E-state index in [9.17, 15) is 19.2 Å². The van der Waals surface area contributed by atoms with Crippen LogP contribution in [0.4, 0.5) is 0 Å². The lowest BCUT2D eigenvalue weighted by atomic mass is 9.88. The normalized spacial score (nSPS) is 26.6. The Morgan fingerprint density at radius 2 is 1.89 bits per heavy atom. The fraction of sp³-hybridized carbons (Fsp3) is 0.500. The van der Waals surface area contributed by atoms with Crippen molar-refractivity contribution in [1.29, 1.82) is 0 Å². The first kappa shape index (κ1) is 18.8. The van der Waals surface area contributed by atoms with Crippen LogP contribution in [0.15, 0.2) is 18.2 Å². The molecular weight excluding hydrogens is 360 g/mol. The molecule has 3 N–H and O–H groups in total. The molecule has 8 nitrogen and oxygen atoms in total. The number of hydrogen-bond acceptors (Lipinski definition) is 6. The zero-order valence-corrected chi connectivity index (χ0v) is 16.0. The minimum atomic E-state index is -0.933. The molecule has 2 atom stereocenters. The monoisotopic (exact) mass is 384 g/mol. The van der Waals surface area contributed by atoms with Gasteiger partial charge >= 0.3 is 0 Å². The highest BCUT2D eigenvalue weighted by atomic mass is 16.2. The van der Waals surface area contributed by atoms with Crippen molar-refractivity contribution in [2.24, 2.45) is 5.41 Å². The van der Waals surface area contributed by atoms with Crippen molar-refractivity contribution in [3.8, 4) is 0 Å². The van der Waals surface area contributed by atoms with Crippen LogP contribution in [0.25, 0.3) is 0 Å². The lowest BCUT2D eigenvalue weighted by Gasteiger charge is -2.27. The van der Waals surface area contributed by atoms with E-state index in [2.05, 4.69) is 29.8 Å². The highest BCUT2D eigenvalue weighted by Crippen LogP contribution is 2.29. The van der Waals surface area contributed by atoms with Crippen LogP contribution >= 0.6 is 0 Å². The number of nitrogens with zero attached hydrogens (tertiary/aromatic N) is 1. The zero-order chi connectivity index (χ0) is 20.1. The lowest BCUT2D eigenvalue weighted by molar-refractivity contribution is -0.136. The van der Waals surface area contributed by atoms with Gasteiger partial charge in [-0.25, -0.2) is 0 Å². The van der Waals surface area contributed by atoms with Crippen LogP contribution < -0.4 is 16.0 Å². The molecule has 0 spiro atoms. The van der Waals surface area contributed by atoms with Crippen molar-refractivity contribution >= 4 is 23.6 Å². The SMILES string of the molecule is CC1(C)CNCC1NCc1ccc2c(c1)C(=O)N(C1CCC(=O)NC1=O)C2=O. The second-order valence-corrected chi connectivity index (χ2v) is 8.38. The predicted molar refractivity (Wildman–Crippen MR) is 100 cm³/mol. The van der Waals surface area contributed by atoms with E-state index in [1.165, 1.54) is 0 Å². The van der Waals surface area contributed by atoms with E-state index in [0.29, 0.717) is 23.7 Å². The highest BCUT2D eigenvalue weighted by molar-refractivity contribution is 6.23. The van der Waals surface area contributed by atoms with Gasteiger partial charge < -0.3 is 10.6 Å². The Hall–Kier alpha value is -2.58. The summed E-state index contributed by atoms with van der Waals surface area (Å²) in [5.41, 5.74) is 1.68. The third kappa shape index (κ3) is 3.12. The Balaban J connectivity index is 1.51. The molecule has 3 aliphatic rings. The van der Waals surface area contributed by atoms with E-state index in [4.69, 9.17) is 0 Å². The molecule has 0 radical (unpaired) electrons. The molecule has 0 saturated carbocycles. The molecule has 2 fully saturated rings. The van der Waals surface area contributed by atoms with Crippen molar-refractivity contribution in [2.75, 3.05) is 13.1 Å². The van der Waals surface area contributed by atoms with Gasteiger partial charge in [-0.1, -0.05) is 19.9 Å². The van der Waals surface area contributed by atoms with Gasteiger partial charge in [-0.05, 0) is 29.5 Å². The lowest BCUT2D eigenvalue weighted by Crippen LogP contribution is -2.54. The van der Waals surface area contributed by atoms with Crippen LogP contribution in [0.5, 0.6) is 0 Å². The molecule has 3 heterocycles. The summed E-state index contributed by atoms with van der Waals surface area (Å²) in [6.07, 6.45) is 0.276. The van der Waals surface area contributed by atoms with E-state index in [-0.39, 0.29) is 24.2 Å². The number of piperidine rings is 1. The van der Waals surface area contributed by atoms with E-state index in [1.807, 2.05) is 6.07 Å². The smallest absolute Gasteiger partial charge is 0.262 e. The van der Waals surface area contributed by atoms with E-state index >= 15 is 0 Å². The average molecular weight is 384 g/mol. The molecule has 148 valence electrons. The fourth-order valence-corrected chi connectivity index (χ4v) is 4.16. The molecule has 8 heteroatoms. The minimum absolute atomic E-state index is 0.115. The second kappa shape index (κ2) is 6.79. The van der Waals surface area contributed by atoms with Gasteiger partial charge in [-0.2, -0.15) is 0 Å². The molecule has 28 heavy (non-hydrogen) atoms. The van der Waals surface area contributed by atoms with Crippen molar-refractivity contribution in [2.45, 2.75) is 45.3 Å². The quantitative estimate of drug-likeness (QED) is 0.639. The standard InChI is InChI=1S/C20H24N4O4/c1-20(2)10-21-9-15(20)22-8-11-3-4-12-13(7-11)19(28)24(18(12)27)14-5-6-16(25)23-17(14)26/h3-4,7,14-15,21-22H,5-6,8-10H2,1-2H3,(H,23,25,26). The minimum Gasteiger partial charge on any atom is -0.315 e. The number of carbonyl (C=O) groups excluding carboxylic acids is 4. The maximum Gasteiger partial charge on any atom is 0.262 e. The first-order valence-corrected chi connectivity index (χ1v) is 9.56. The Kier molecular flexibility index (Phi) is 4.55. The predicted octanol–water partition coefficient (Wildman–Crippen LogP) is 0.175. The summed E-state index contributed by atoms with van der Waals surface area (Å²) in [6.45, 7) is 6.82. The molecule has 0 bridgehead atoms. The molecule has 2 saturated heterocycles. The third-order valence-corrected chi connectivity index (χ3v) is 5.93. The first-order chi connectivity index (χ1) is 13.3. The molecule has 0 aromatic heterocycles. The average Bonchev–Trinajstić information content (AvgIpc) is 3.10. The van der Waals surface area contributed by atoms with Gasteiger partial charge in [0, 0.05) is 32.1 Å². The molecule has 2 unspecified atom stereocenters. The summed E-state index contributed by atoms with van der Waals surface area (Å²) in [4.78, 5) is 50.0. The maximum absolute atomic E-state index is 12.9. The number of amides is 4. The summed E-state index contributed by atoms with van der Waals surface area (Å²) in [5, 5.41) is 9.10. The van der Waals surface area contributed by atoms with Crippen LogP contribution in [0.1, 0.15) is 53.0 Å². The molecule has 1 aromatic carbocycles. The van der Waals surface area contributed by atoms with Crippen molar-refractivity contribution < 1.29 is 19.2 Å². The van der Waals surface area contributed by atoms with Gasteiger partial charge in [-0.3, -0.25) is 29.4 Å². The molecule has 0 aliphatic carbocycles. The number of rotatable bonds is 4. The summed E-state index contributed by atoms with van der Waals surface area (Å²) in [6, 6.07) is 4.59. The Bertz CT molecular complexity index is 879. The Morgan fingerprint density at radius 3 is 2.57 bits per heavy atom. The van der Waals surface area contributed by atoms with E-state index in [1.54, 1.807) is 12.1 Å². The summed E-state index contributed by atoms with van der Waals surface area (Å²) >= 11 is 0. The van der Waals surface area contributed by atoms with Crippen LogP contribution in [-0.4, -0.2) is 53.7 Å².